The first-order valence-corrected chi connectivity index (χ1v) is 24.4. The van der Waals surface area contributed by atoms with Gasteiger partial charge in [-0.25, -0.2) is 0 Å². The summed E-state index contributed by atoms with van der Waals surface area (Å²) in [5.74, 6) is 0. The molecule has 0 spiro atoms. The second kappa shape index (κ2) is 15.0. The molecule has 1 aliphatic carbocycles. The molecule has 0 unspecified atom stereocenters. The lowest BCUT2D eigenvalue weighted by atomic mass is 9.33. The van der Waals surface area contributed by atoms with Crippen LogP contribution in [0.25, 0.3) is 33.4 Å². The molecule has 0 aromatic heterocycles. The Morgan fingerprint density at radius 3 is 1.64 bits per heavy atom. The Morgan fingerprint density at radius 2 is 0.955 bits per heavy atom. The molecule has 2 heterocycles. The Balaban J connectivity index is 1.16. The van der Waals surface area contributed by atoms with Gasteiger partial charge in [0.1, 0.15) is 0 Å². The van der Waals surface area contributed by atoms with E-state index in [9.17, 15) is 0 Å². The van der Waals surface area contributed by atoms with Gasteiger partial charge < -0.3 is 9.80 Å². The van der Waals surface area contributed by atoms with Crippen molar-refractivity contribution < 1.29 is 0 Å². The van der Waals surface area contributed by atoms with E-state index in [1.807, 2.05) is 0 Å². The Bertz CT molecular complexity index is 3280. The van der Waals surface area contributed by atoms with Crippen molar-refractivity contribution in [2.45, 2.75) is 105 Å². The largest absolute Gasteiger partial charge is 0.311 e. The maximum Gasteiger partial charge on any atom is 0.252 e. The number of fused-ring (bicyclic) bond motifs is 7. The van der Waals surface area contributed by atoms with Gasteiger partial charge in [-0.1, -0.05) is 191 Å². The van der Waals surface area contributed by atoms with E-state index < -0.39 is 0 Å². The van der Waals surface area contributed by atoms with Crippen molar-refractivity contribution in [3.63, 3.8) is 0 Å². The van der Waals surface area contributed by atoms with E-state index in [4.69, 9.17) is 0 Å². The Hall–Kier alpha value is -6.58. The molecule has 0 N–H and O–H groups in total. The van der Waals surface area contributed by atoms with Crippen LogP contribution in [0, 0.1) is 6.92 Å². The zero-order valence-corrected chi connectivity index (χ0v) is 41.6. The van der Waals surface area contributed by atoms with Crippen LogP contribution in [0.3, 0.4) is 0 Å². The summed E-state index contributed by atoms with van der Waals surface area (Å²) in [6.45, 7) is 28.0. The lowest BCUT2D eigenvalue weighted by molar-refractivity contribution is 0.590. The van der Waals surface area contributed by atoms with Gasteiger partial charge in [-0.15, -0.1) is 0 Å². The van der Waals surface area contributed by atoms with Gasteiger partial charge >= 0.3 is 0 Å². The van der Waals surface area contributed by atoms with Crippen LogP contribution in [0.2, 0.25) is 0 Å². The standard InChI is InChI=1S/C64H63BN2/c1-40-35-57-60-58(36-40)67(54-33-28-43(61(2,3)4)37-49(54)41-19-14-13-15-20-41)56-39-45(63(8,9)10)27-32-52(56)65(60)53-38-44(62(5,6)7)29-34-55(53)66(57)46-30-25-42(26-31-46)47-22-18-24-51-59(47)48-21-16-17-23-50(48)64(51,11)12/h13-39H,1-12H3. The summed E-state index contributed by atoms with van der Waals surface area (Å²) < 4.78 is 0. The summed E-state index contributed by atoms with van der Waals surface area (Å²) in [4.78, 5) is 5.19. The molecule has 0 saturated carbocycles. The fraction of sp³-hybridized carbons (Fsp3) is 0.250. The molecule has 0 atom stereocenters. The summed E-state index contributed by atoms with van der Waals surface area (Å²) in [7, 11) is 0. The van der Waals surface area contributed by atoms with Crippen LogP contribution in [0.15, 0.2) is 164 Å². The Labute approximate surface area is 400 Å². The third-order valence-corrected chi connectivity index (χ3v) is 15.2. The van der Waals surface area contributed by atoms with Crippen LogP contribution in [-0.2, 0) is 21.7 Å². The van der Waals surface area contributed by atoms with Crippen LogP contribution in [0.5, 0.6) is 0 Å². The van der Waals surface area contributed by atoms with Gasteiger partial charge in [-0.2, -0.15) is 0 Å². The molecule has 8 aromatic carbocycles. The molecule has 2 nitrogen and oxygen atoms in total. The molecule has 2 aliphatic heterocycles. The van der Waals surface area contributed by atoms with Crippen molar-refractivity contribution in [1.29, 1.82) is 0 Å². The van der Waals surface area contributed by atoms with Crippen molar-refractivity contribution in [2.24, 2.45) is 0 Å². The molecular weight excluding hydrogens is 808 g/mol. The van der Waals surface area contributed by atoms with Gasteiger partial charge in [0.25, 0.3) is 6.71 Å². The minimum Gasteiger partial charge on any atom is -0.311 e. The summed E-state index contributed by atoms with van der Waals surface area (Å²) in [5, 5.41) is 0. The fourth-order valence-electron chi connectivity index (χ4n) is 11.4. The van der Waals surface area contributed by atoms with Gasteiger partial charge in [0.05, 0.1) is 5.69 Å². The Kier molecular flexibility index (Phi) is 9.61. The molecule has 0 radical (unpaired) electrons. The minimum absolute atomic E-state index is 0.0129. The third kappa shape index (κ3) is 6.83. The number of benzene rings is 8. The van der Waals surface area contributed by atoms with Crippen molar-refractivity contribution in [1.82, 2.24) is 0 Å². The van der Waals surface area contributed by atoms with Crippen LogP contribution in [0.1, 0.15) is 110 Å². The molecule has 3 heteroatoms. The van der Waals surface area contributed by atoms with E-state index in [2.05, 4.69) is 257 Å². The minimum atomic E-state index is -0.0522. The molecule has 332 valence electrons. The van der Waals surface area contributed by atoms with Crippen LogP contribution >= 0.6 is 0 Å². The highest BCUT2D eigenvalue weighted by Crippen LogP contribution is 2.53. The number of aryl methyl sites for hydroxylation is 1. The van der Waals surface area contributed by atoms with Crippen molar-refractivity contribution in [3.05, 3.63) is 197 Å². The second-order valence-electron chi connectivity index (χ2n) is 23.2. The lowest BCUT2D eigenvalue weighted by Crippen LogP contribution is -2.61. The first-order valence-electron chi connectivity index (χ1n) is 24.4. The monoisotopic (exact) mass is 871 g/mol. The predicted molar refractivity (Wildman–Crippen MR) is 290 cm³/mol. The SMILES string of the molecule is Cc1cc2c3c(c1)N(c1ccc(C(C)(C)C)cc1-c1ccccc1)c1cc(C(C)(C)C)ccc1B3c1cc(C(C)(C)C)ccc1N2c1ccc(-c2cccc3c2-c2ccccc2C3(C)C)cc1. The molecule has 0 saturated heterocycles. The Morgan fingerprint density at radius 1 is 0.403 bits per heavy atom. The summed E-state index contributed by atoms with van der Waals surface area (Å²) in [6, 6.07) is 63.1. The first kappa shape index (κ1) is 43.0. The average Bonchev–Trinajstić information content (AvgIpc) is 3.53. The maximum absolute atomic E-state index is 2.62. The summed E-state index contributed by atoms with van der Waals surface area (Å²) in [6.07, 6.45) is 0. The fourth-order valence-corrected chi connectivity index (χ4v) is 11.4. The van der Waals surface area contributed by atoms with E-state index in [-0.39, 0.29) is 28.4 Å². The molecule has 67 heavy (non-hydrogen) atoms. The van der Waals surface area contributed by atoms with Crippen molar-refractivity contribution in [3.8, 4) is 33.4 Å². The lowest BCUT2D eigenvalue weighted by Gasteiger charge is -2.45. The molecule has 0 fully saturated rings. The van der Waals surface area contributed by atoms with Crippen LogP contribution in [0.4, 0.5) is 34.1 Å². The van der Waals surface area contributed by atoms with E-state index in [1.54, 1.807) is 0 Å². The summed E-state index contributed by atoms with van der Waals surface area (Å²) in [5.41, 5.74) is 27.0. The van der Waals surface area contributed by atoms with Gasteiger partial charge in [-0.3, -0.25) is 0 Å². The van der Waals surface area contributed by atoms with Gasteiger partial charge in [0, 0.05) is 39.4 Å². The molecule has 0 bridgehead atoms. The normalized spacial score (nSPS) is 14.6. The first-order chi connectivity index (χ1) is 31.8. The van der Waals surface area contributed by atoms with Crippen molar-refractivity contribution in [2.75, 3.05) is 9.80 Å². The van der Waals surface area contributed by atoms with E-state index in [0.717, 1.165) is 5.69 Å². The van der Waals surface area contributed by atoms with E-state index in [1.165, 1.54) is 112 Å². The number of hydrogen-bond donors (Lipinski definition) is 0. The number of nitrogens with zero attached hydrogens (tertiary/aromatic N) is 2. The van der Waals surface area contributed by atoms with Crippen molar-refractivity contribution >= 4 is 57.2 Å². The predicted octanol–water partition coefficient (Wildman–Crippen LogP) is 15.6. The van der Waals surface area contributed by atoms with Gasteiger partial charge in [0.2, 0.25) is 0 Å². The van der Waals surface area contributed by atoms with Gasteiger partial charge in [0.15, 0.2) is 0 Å². The topological polar surface area (TPSA) is 6.48 Å². The summed E-state index contributed by atoms with van der Waals surface area (Å²) >= 11 is 0. The number of anilines is 6. The van der Waals surface area contributed by atoms with E-state index in [0.29, 0.717) is 0 Å². The van der Waals surface area contributed by atoms with Crippen LogP contribution in [-0.4, -0.2) is 6.71 Å². The molecular formula is C64H63BN2. The third-order valence-electron chi connectivity index (χ3n) is 15.2. The zero-order chi connectivity index (χ0) is 46.9. The molecule has 3 aliphatic rings. The molecule has 0 amide bonds. The van der Waals surface area contributed by atoms with E-state index >= 15 is 0 Å². The number of hydrogen-bond acceptors (Lipinski definition) is 2. The average molecular weight is 871 g/mol. The molecule has 11 rings (SSSR count). The quantitative estimate of drug-likeness (QED) is 0.163. The smallest absolute Gasteiger partial charge is 0.252 e. The second-order valence-corrected chi connectivity index (χ2v) is 23.2. The maximum atomic E-state index is 2.62. The highest BCUT2D eigenvalue weighted by atomic mass is 15.2. The zero-order valence-electron chi connectivity index (χ0n) is 41.6. The van der Waals surface area contributed by atoms with Crippen LogP contribution < -0.4 is 26.2 Å². The highest BCUT2D eigenvalue weighted by molar-refractivity contribution is 7.00. The number of rotatable bonds is 4. The van der Waals surface area contributed by atoms with Gasteiger partial charge in [-0.05, 0) is 149 Å². The molecule has 8 aromatic rings. The highest BCUT2D eigenvalue weighted by Gasteiger charge is 2.45.